The van der Waals surface area contributed by atoms with Crippen LogP contribution in [0.25, 0.3) is 0 Å². The molecule has 1 aliphatic rings. The molecule has 0 spiro atoms. The predicted octanol–water partition coefficient (Wildman–Crippen LogP) is 2.10. The van der Waals surface area contributed by atoms with E-state index in [2.05, 4.69) is 5.32 Å². The van der Waals surface area contributed by atoms with Gasteiger partial charge in [0.2, 0.25) is 16.2 Å². The first-order chi connectivity index (χ1) is 11.5. The number of aryl methyl sites for hydroxylation is 1. The Morgan fingerprint density at radius 3 is 2.75 bits per heavy atom. The molecule has 2 aromatic rings. The van der Waals surface area contributed by atoms with Crippen LogP contribution in [-0.4, -0.2) is 27.5 Å². The summed E-state index contributed by atoms with van der Waals surface area (Å²) in [6, 6.07) is 9.58. The van der Waals surface area contributed by atoms with Crippen molar-refractivity contribution in [2.24, 2.45) is 0 Å². The van der Waals surface area contributed by atoms with E-state index < -0.39 is 15.7 Å². The molecule has 2 aromatic carbocycles. The molecule has 0 bridgehead atoms. The zero-order chi connectivity index (χ0) is 17.2. The van der Waals surface area contributed by atoms with Gasteiger partial charge >= 0.3 is 0 Å². The monoisotopic (exact) mass is 349 g/mol. The Morgan fingerprint density at radius 2 is 2.00 bits per heavy atom. The Bertz CT molecular complexity index is 867. The molecule has 1 amide bonds. The molecule has 0 saturated carbocycles. The van der Waals surface area contributed by atoms with Gasteiger partial charge in [0.15, 0.2) is 0 Å². The number of ether oxygens (including phenoxy) is 1. The molecule has 24 heavy (non-hydrogen) atoms. The van der Waals surface area contributed by atoms with Crippen molar-refractivity contribution >= 4 is 16.2 Å². The maximum Gasteiger partial charge on any atom is 0.207 e. The fraction of sp³-hybridized carbons (Fsp3) is 0.235. The number of hydrogen-bond acceptors (Lipinski definition) is 4. The molecule has 3 rings (SSSR count). The Morgan fingerprint density at radius 1 is 1.21 bits per heavy atom. The zero-order valence-electron chi connectivity index (χ0n) is 12.7. The van der Waals surface area contributed by atoms with Crippen LogP contribution in [0, 0.1) is 5.82 Å². The van der Waals surface area contributed by atoms with Crippen molar-refractivity contribution in [2.75, 3.05) is 6.54 Å². The summed E-state index contributed by atoms with van der Waals surface area (Å²) >= 11 is 0. The number of amides is 1. The number of sulfone groups is 1. The van der Waals surface area contributed by atoms with E-state index in [1.54, 1.807) is 6.07 Å². The summed E-state index contributed by atoms with van der Waals surface area (Å²) in [7, 11) is -3.82. The second kappa shape index (κ2) is 6.60. The van der Waals surface area contributed by atoms with E-state index in [0.29, 0.717) is 18.7 Å². The van der Waals surface area contributed by atoms with Gasteiger partial charge in [-0.25, -0.2) is 12.8 Å². The lowest BCUT2D eigenvalue weighted by molar-refractivity contribution is -0.109. The highest BCUT2D eigenvalue weighted by Crippen LogP contribution is 2.32. The molecule has 1 aliphatic heterocycles. The number of benzene rings is 2. The normalized spacial score (nSPS) is 16.8. The van der Waals surface area contributed by atoms with Crippen molar-refractivity contribution < 1.29 is 22.3 Å². The highest BCUT2D eigenvalue weighted by Gasteiger charge is 2.24. The van der Waals surface area contributed by atoms with Gasteiger partial charge in [0.1, 0.15) is 17.7 Å². The third-order valence-electron chi connectivity index (χ3n) is 3.91. The van der Waals surface area contributed by atoms with E-state index in [1.807, 2.05) is 0 Å². The van der Waals surface area contributed by atoms with Crippen molar-refractivity contribution in [1.29, 1.82) is 0 Å². The van der Waals surface area contributed by atoms with E-state index >= 15 is 0 Å². The molecule has 126 valence electrons. The molecular weight excluding hydrogens is 333 g/mol. The number of nitrogens with one attached hydrogen (secondary N) is 1. The molecule has 5 nitrogen and oxygen atoms in total. The molecule has 0 saturated heterocycles. The SMILES string of the molecule is O=CNC[C@H]1CCc2ccc(S(=O)(=O)c3cccc(F)c3)cc2O1. The standard InChI is InChI=1S/C17H16FNO4S/c18-13-2-1-3-15(8-13)24(21,22)16-7-5-12-4-6-14(10-19-11-20)23-17(12)9-16/h1-3,5,7-9,11,14H,4,6,10H2,(H,19,20)/t14-/m1/s1. The van der Waals surface area contributed by atoms with Gasteiger partial charge in [0.05, 0.1) is 16.3 Å². The fourth-order valence-electron chi connectivity index (χ4n) is 2.67. The van der Waals surface area contributed by atoms with E-state index in [9.17, 15) is 17.6 Å². The Labute approximate surface area is 139 Å². The zero-order valence-corrected chi connectivity index (χ0v) is 13.6. The third kappa shape index (κ3) is 3.26. The summed E-state index contributed by atoms with van der Waals surface area (Å²) in [4.78, 5) is 10.3. The van der Waals surface area contributed by atoms with Crippen molar-refractivity contribution in [2.45, 2.75) is 28.7 Å². The van der Waals surface area contributed by atoms with Crippen LogP contribution >= 0.6 is 0 Å². The second-order valence-electron chi connectivity index (χ2n) is 5.53. The molecule has 0 unspecified atom stereocenters. The van der Waals surface area contributed by atoms with Crippen molar-refractivity contribution in [1.82, 2.24) is 5.32 Å². The van der Waals surface area contributed by atoms with Crippen LogP contribution in [0.1, 0.15) is 12.0 Å². The van der Waals surface area contributed by atoms with Crippen LogP contribution in [0.3, 0.4) is 0 Å². The van der Waals surface area contributed by atoms with E-state index in [4.69, 9.17) is 4.74 Å². The minimum Gasteiger partial charge on any atom is -0.488 e. The van der Waals surface area contributed by atoms with Crippen molar-refractivity contribution in [3.63, 3.8) is 0 Å². The van der Waals surface area contributed by atoms with Gasteiger partial charge in [-0.15, -0.1) is 0 Å². The average molecular weight is 349 g/mol. The lowest BCUT2D eigenvalue weighted by atomic mass is 10.0. The van der Waals surface area contributed by atoms with Crippen molar-refractivity contribution in [3.05, 3.63) is 53.8 Å². The maximum atomic E-state index is 13.3. The van der Waals surface area contributed by atoms with Crippen molar-refractivity contribution in [3.8, 4) is 5.75 Å². The van der Waals surface area contributed by atoms with Crippen LogP contribution in [0.15, 0.2) is 52.3 Å². The van der Waals surface area contributed by atoms with E-state index in [0.717, 1.165) is 24.5 Å². The minimum atomic E-state index is -3.82. The number of carbonyl (C=O) groups is 1. The number of halogens is 1. The summed E-state index contributed by atoms with van der Waals surface area (Å²) in [5, 5.41) is 2.56. The third-order valence-corrected chi connectivity index (χ3v) is 5.66. The summed E-state index contributed by atoms with van der Waals surface area (Å²) in [5.41, 5.74) is 0.913. The molecular formula is C17H16FNO4S. The van der Waals surface area contributed by atoms with Crippen LogP contribution in [0.5, 0.6) is 5.75 Å². The number of carbonyl (C=O) groups excluding carboxylic acids is 1. The second-order valence-corrected chi connectivity index (χ2v) is 7.48. The molecule has 0 fully saturated rings. The first-order valence-corrected chi connectivity index (χ1v) is 8.96. The Balaban J connectivity index is 1.92. The largest absolute Gasteiger partial charge is 0.488 e. The first kappa shape index (κ1) is 16.4. The van der Waals surface area contributed by atoms with Gasteiger partial charge < -0.3 is 10.1 Å². The summed E-state index contributed by atoms with van der Waals surface area (Å²) in [5.74, 6) is -0.123. The van der Waals surface area contributed by atoms with Crippen LogP contribution in [-0.2, 0) is 21.1 Å². The Hall–Kier alpha value is -2.41. The van der Waals surface area contributed by atoms with Gasteiger partial charge in [-0.3, -0.25) is 4.79 Å². The highest BCUT2D eigenvalue weighted by molar-refractivity contribution is 7.91. The minimum absolute atomic E-state index is 0.0517. The summed E-state index contributed by atoms with van der Waals surface area (Å²) in [6.07, 6.45) is 1.88. The number of fused-ring (bicyclic) bond motifs is 1. The topological polar surface area (TPSA) is 72.5 Å². The predicted molar refractivity (Wildman–Crippen MR) is 85.1 cm³/mol. The van der Waals surface area contributed by atoms with Crippen LogP contribution < -0.4 is 10.1 Å². The maximum absolute atomic E-state index is 13.3. The molecule has 7 heteroatoms. The number of hydrogen-bond donors (Lipinski definition) is 1. The summed E-state index contributed by atoms with van der Waals surface area (Å²) < 4.78 is 44.4. The van der Waals surface area contributed by atoms with E-state index in [-0.39, 0.29) is 15.9 Å². The molecule has 1 atom stereocenters. The van der Waals surface area contributed by atoms with Gasteiger partial charge in [-0.2, -0.15) is 0 Å². The first-order valence-electron chi connectivity index (χ1n) is 7.48. The van der Waals surface area contributed by atoms with Gasteiger partial charge in [0, 0.05) is 0 Å². The molecule has 0 aromatic heterocycles. The summed E-state index contributed by atoms with van der Waals surface area (Å²) in [6.45, 7) is 0.365. The average Bonchev–Trinajstić information content (AvgIpc) is 2.59. The molecule has 0 aliphatic carbocycles. The molecule has 0 radical (unpaired) electrons. The van der Waals surface area contributed by atoms with Crippen LogP contribution in [0.2, 0.25) is 0 Å². The van der Waals surface area contributed by atoms with Crippen LogP contribution in [0.4, 0.5) is 4.39 Å². The van der Waals surface area contributed by atoms with E-state index in [1.165, 1.54) is 30.3 Å². The molecule has 1 heterocycles. The lowest BCUT2D eigenvalue weighted by Crippen LogP contribution is -2.33. The number of rotatable bonds is 5. The van der Waals surface area contributed by atoms with Gasteiger partial charge in [0.25, 0.3) is 0 Å². The fourth-order valence-corrected chi connectivity index (χ4v) is 3.97. The highest BCUT2D eigenvalue weighted by atomic mass is 32.2. The van der Waals surface area contributed by atoms with Gasteiger partial charge in [-0.05, 0) is 48.7 Å². The molecule has 1 N–H and O–H groups in total. The lowest BCUT2D eigenvalue weighted by Gasteiger charge is -2.26. The quantitative estimate of drug-likeness (QED) is 0.839. The van der Waals surface area contributed by atoms with Gasteiger partial charge in [-0.1, -0.05) is 12.1 Å². The smallest absolute Gasteiger partial charge is 0.207 e. The Kier molecular flexibility index (Phi) is 4.53.